The third kappa shape index (κ3) is 6.13. The first-order chi connectivity index (χ1) is 24.2. The Bertz CT molecular complexity index is 2200. The zero-order valence-corrected chi connectivity index (χ0v) is 27.4. The number of benzene rings is 7. The van der Waals surface area contributed by atoms with Crippen LogP contribution in [0.4, 0.5) is 0 Å². The van der Waals surface area contributed by atoms with Crippen molar-refractivity contribution in [3.63, 3.8) is 0 Å². The van der Waals surface area contributed by atoms with E-state index < -0.39 is 0 Å². The van der Waals surface area contributed by atoms with Gasteiger partial charge in [0.1, 0.15) is 6.17 Å². The molecule has 0 spiro atoms. The van der Waals surface area contributed by atoms with Gasteiger partial charge in [-0.05, 0) is 85.5 Å². The van der Waals surface area contributed by atoms with E-state index in [1.54, 1.807) is 0 Å². The van der Waals surface area contributed by atoms with Crippen LogP contribution in [0.15, 0.2) is 199 Å². The van der Waals surface area contributed by atoms with Gasteiger partial charge in [0.2, 0.25) is 0 Å². The standard InChI is InChI=1S/C47H36N2/c1-49-45(33-44(37-24-13-5-14-25-37)48-47(49)38-26-15-6-16-27-38)39-28-17-29-40(30-39)46-42(35-20-9-3-10-21-35)31-41(34-18-7-2-8-19-34)32-43(46)36-22-11-4-12-23-36/h2-33,47H,1H3. The summed E-state index contributed by atoms with van der Waals surface area (Å²) in [4.78, 5) is 7.57. The molecular weight excluding hydrogens is 593 g/mol. The van der Waals surface area contributed by atoms with Gasteiger partial charge in [-0.15, -0.1) is 0 Å². The van der Waals surface area contributed by atoms with Crippen molar-refractivity contribution in [1.29, 1.82) is 0 Å². The van der Waals surface area contributed by atoms with Gasteiger partial charge in [0.15, 0.2) is 0 Å². The van der Waals surface area contributed by atoms with Crippen molar-refractivity contribution in [2.45, 2.75) is 6.17 Å². The Morgan fingerprint density at radius 2 is 0.857 bits per heavy atom. The molecule has 1 atom stereocenters. The molecule has 0 bridgehead atoms. The molecule has 8 rings (SSSR count). The summed E-state index contributed by atoms with van der Waals surface area (Å²) in [5.74, 6) is 0. The van der Waals surface area contributed by atoms with E-state index >= 15 is 0 Å². The van der Waals surface area contributed by atoms with Crippen LogP contribution in [0, 0.1) is 0 Å². The molecule has 1 unspecified atom stereocenters. The molecule has 49 heavy (non-hydrogen) atoms. The fraction of sp³-hybridized carbons (Fsp3) is 0.0426. The predicted molar refractivity (Wildman–Crippen MR) is 206 cm³/mol. The highest BCUT2D eigenvalue weighted by Crippen LogP contribution is 2.44. The molecule has 234 valence electrons. The quantitative estimate of drug-likeness (QED) is 0.171. The summed E-state index contributed by atoms with van der Waals surface area (Å²) in [5.41, 5.74) is 15.1. The Morgan fingerprint density at radius 3 is 1.41 bits per heavy atom. The third-order valence-electron chi connectivity index (χ3n) is 9.31. The van der Waals surface area contributed by atoms with Crippen LogP contribution in [-0.4, -0.2) is 17.7 Å². The van der Waals surface area contributed by atoms with Crippen molar-refractivity contribution < 1.29 is 0 Å². The predicted octanol–water partition coefficient (Wildman–Crippen LogP) is 11.8. The summed E-state index contributed by atoms with van der Waals surface area (Å²) in [6.45, 7) is 0. The van der Waals surface area contributed by atoms with Crippen LogP contribution < -0.4 is 0 Å². The van der Waals surface area contributed by atoms with Gasteiger partial charge in [-0.2, -0.15) is 0 Å². The van der Waals surface area contributed by atoms with Crippen LogP contribution in [-0.2, 0) is 0 Å². The van der Waals surface area contributed by atoms with E-state index in [4.69, 9.17) is 4.99 Å². The minimum Gasteiger partial charge on any atom is -0.349 e. The Kier molecular flexibility index (Phi) is 8.27. The normalized spacial score (nSPS) is 14.2. The summed E-state index contributed by atoms with van der Waals surface area (Å²) in [7, 11) is 2.15. The Hall–Kier alpha value is -6.25. The van der Waals surface area contributed by atoms with Crippen LogP contribution in [0.1, 0.15) is 22.9 Å². The molecule has 0 radical (unpaired) electrons. The van der Waals surface area contributed by atoms with Crippen molar-refractivity contribution in [2.75, 3.05) is 7.05 Å². The highest BCUT2D eigenvalue weighted by molar-refractivity contribution is 6.13. The van der Waals surface area contributed by atoms with Crippen molar-refractivity contribution in [3.8, 4) is 44.5 Å². The van der Waals surface area contributed by atoms with Gasteiger partial charge in [0.05, 0.1) is 5.71 Å². The minimum absolute atomic E-state index is 0.148. The first-order valence-electron chi connectivity index (χ1n) is 16.8. The van der Waals surface area contributed by atoms with E-state index in [0.717, 1.165) is 28.1 Å². The van der Waals surface area contributed by atoms with Gasteiger partial charge >= 0.3 is 0 Å². The molecule has 2 heteroatoms. The van der Waals surface area contributed by atoms with Crippen molar-refractivity contribution in [3.05, 3.63) is 211 Å². The summed E-state index contributed by atoms with van der Waals surface area (Å²) in [6.07, 6.45) is 2.09. The molecular formula is C47H36N2. The van der Waals surface area contributed by atoms with E-state index in [2.05, 4.69) is 206 Å². The smallest absolute Gasteiger partial charge is 0.147 e. The molecule has 1 heterocycles. The van der Waals surface area contributed by atoms with Crippen LogP contribution in [0.3, 0.4) is 0 Å². The Balaban J connectivity index is 1.34. The third-order valence-corrected chi connectivity index (χ3v) is 9.31. The average molecular weight is 629 g/mol. The van der Waals surface area contributed by atoms with Crippen molar-refractivity contribution in [1.82, 2.24) is 4.90 Å². The molecule has 7 aromatic carbocycles. The van der Waals surface area contributed by atoms with Gasteiger partial charge in [0, 0.05) is 12.7 Å². The monoisotopic (exact) mass is 628 g/mol. The molecule has 0 aromatic heterocycles. The summed E-state index contributed by atoms with van der Waals surface area (Å²) in [5, 5.41) is 0. The lowest BCUT2D eigenvalue weighted by Gasteiger charge is -2.34. The fourth-order valence-corrected chi connectivity index (χ4v) is 6.87. The first kappa shape index (κ1) is 30.1. The number of hydrogen-bond donors (Lipinski definition) is 0. The van der Waals surface area contributed by atoms with Gasteiger partial charge < -0.3 is 4.90 Å². The summed E-state index contributed by atoms with van der Waals surface area (Å²) >= 11 is 0. The van der Waals surface area contributed by atoms with E-state index in [1.807, 2.05) is 0 Å². The number of allylic oxidation sites excluding steroid dienone is 1. The lowest BCUT2D eigenvalue weighted by Crippen LogP contribution is -2.27. The van der Waals surface area contributed by atoms with Gasteiger partial charge in [0.25, 0.3) is 0 Å². The van der Waals surface area contributed by atoms with E-state index in [-0.39, 0.29) is 6.17 Å². The maximum absolute atomic E-state index is 5.27. The Morgan fingerprint density at radius 1 is 0.408 bits per heavy atom. The molecule has 0 amide bonds. The molecule has 7 aromatic rings. The van der Waals surface area contributed by atoms with E-state index in [1.165, 1.54) is 44.5 Å². The second-order valence-electron chi connectivity index (χ2n) is 12.4. The van der Waals surface area contributed by atoms with E-state index in [9.17, 15) is 0 Å². The van der Waals surface area contributed by atoms with Crippen LogP contribution in [0.2, 0.25) is 0 Å². The second kappa shape index (κ2) is 13.5. The number of rotatable bonds is 7. The fourth-order valence-electron chi connectivity index (χ4n) is 6.87. The van der Waals surface area contributed by atoms with Gasteiger partial charge in [-0.1, -0.05) is 170 Å². The summed E-state index contributed by atoms with van der Waals surface area (Å²) in [6, 6.07) is 67.1. The van der Waals surface area contributed by atoms with E-state index in [0.29, 0.717) is 0 Å². The van der Waals surface area contributed by atoms with Gasteiger partial charge in [-0.25, -0.2) is 0 Å². The van der Waals surface area contributed by atoms with Crippen molar-refractivity contribution >= 4 is 11.4 Å². The number of aliphatic imine (C=N–C) groups is 1. The molecule has 0 N–H and O–H groups in total. The zero-order valence-electron chi connectivity index (χ0n) is 27.4. The van der Waals surface area contributed by atoms with Gasteiger partial charge in [-0.3, -0.25) is 4.99 Å². The molecule has 1 aliphatic heterocycles. The lowest BCUT2D eigenvalue weighted by atomic mass is 9.84. The van der Waals surface area contributed by atoms with Crippen LogP contribution in [0.5, 0.6) is 0 Å². The molecule has 0 aliphatic carbocycles. The highest BCUT2D eigenvalue weighted by atomic mass is 15.2. The minimum atomic E-state index is -0.148. The molecule has 0 saturated heterocycles. The number of nitrogens with zero attached hydrogens (tertiary/aromatic N) is 2. The maximum Gasteiger partial charge on any atom is 0.147 e. The SMILES string of the molecule is CN1C(c2cccc(-c3c(-c4ccccc4)cc(-c4ccccc4)cc3-c3ccccc3)c2)=CC(c2ccccc2)=NC1c1ccccc1. The zero-order chi connectivity index (χ0) is 33.0. The molecule has 2 nitrogen and oxygen atoms in total. The summed E-state index contributed by atoms with van der Waals surface area (Å²) < 4.78 is 0. The maximum atomic E-state index is 5.27. The lowest BCUT2D eigenvalue weighted by molar-refractivity contribution is 0.364. The molecule has 1 aliphatic rings. The number of hydrogen-bond acceptors (Lipinski definition) is 2. The topological polar surface area (TPSA) is 15.6 Å². The van der Waals surface area contributed by atoms with Crippen molar-refractivity contribution in [2.24, 2.45) is 4.99 Å². The molecule has 0 fully saturated rings. The first-order valence-corrected chi connectivity index (χ1v) is 16.8. The highest BCUT2D eigenvalue weighted by Gasteiger charge is 2.26. The second-order valence-corrected chi connectivity index (χ2v) is 12.4. The molecule has 0 saturated carbocycles. The Labute approximate surface area is 289 Å². The van der Waals surface area contributed by atoms with Crippen LogP contribution >= 0.6 is 0 Å². The average Bonchev–Trinajstić information content (AvgIpc) is 3.19. The van der Waals surface area contributed by atoms with Crippen LogP contribution in [0.25, 0.3) is 50.2 Å². The largest absolute Gasteiger partial charge is 0.349 e.